The molecule has 1 heterocycles. The number of carbonyl (C=O) groups excluding carboxylic acids is 1. The van der Waals surface area contributed by atoms with Crippen molar-refractivity contribution >= 4 is 44.3 Å². The first kappa shape index (κ1) is 23.8. The predicted octanol–water partition coefficient (Wildman–Crippen LogP) is 3.07. The first-order valence-corrected chi connectivity index (χ1v) is 11.5. The fraction of sp³-hybridized carbons (Fsp3) is 0.333. The van der Waals surface area contributed by atoms with Crippen LogP contribution in [0.5, 0.6) is 11.5 Å². The summed E-state index contributed by atoms with van der Waals surface area (Å²) in [6.45, 7) is 0. The van der Waals surface area contributed by atoms with Crippen LogP contribution in [0.4, 0.5) is 5.69 Å². The molecule has 1 amide bonds. The minimum Gasteiger partial charge on any atom is -0.495 e. The number of sulfonamides is 1. The van der Waals surface area contributed by atoms with Crippen LogP contribution in [0.1, 0.15) is 12.2 Å². The number of halogens is 1. The van der Waals surface area contributed by atoms with Crippen LogP contribution >= 0.6 is 11.6 Å². The molecule has 0 aliphatic heterocycles. The van der Waals surface area contributed by atoms with Gasteiger partial charge in [0.15, 0.2) is 0 Å². The van der Waals surface area contributed by atoms with E-state index < -0.39 is 10.0 Å². The second-order valence-corrected chi connectivity index (χ2v) is 9.82. The van der Waals surface area contributed by atoms with Crippen molar-refractivity contribution in [1.82, 2.24) is 13.9 Å². The van der Waals surface area contributed by atoms with E-state index in [0.717, 1.165) is 9.82 Å². The van der Waals surface area contributed by atoms with Gasteiger partial charge in [-0.2, -0.15) is 0 Å². The van der Waals surface area contributed by atoms with Crippen LogP contribution < -0.4 is 14.8 Å². The number of rotatable bonds is 8. The summed E-state index contributed by atoms with van der Waals surface area (Å²) in [7, 11) is 4.21. The van der Waals surface area contributed by atoms with Gasteiger partial charge in [0.05, 0.1) is 40.9 Å². The second kappa shape index (κ2) is 9.35. The predicted molar refractivity (Wildman–Crippen MR) is 123 cm³/mol. The smallest absolute Gasteiger partial charge is 0.242 e. The molecule has 0 bridgehead atoms. The number of methoxy groups -OCH3 is 2. The minimum absolute atomic E-state index is 0.160. The molecular weight excluding hydrogens is 456 g/mol. The van der Waals surface area contributed by atoms with Gasteiger partial charge in [0.1, 0.15) is 17.3 Å². The standard InChI is InChI=1S/C21H25ClN4O5S/c1-25(2)32(28,29)13-6-7-17-15(10-13)23-20(26(17)3)8-9-21(27)24-16-11-14(22)18(30-4)12-19(16)31-5/h6-7,10-12H,8-9H2,1-5H3,(H,24,27). The maximum Gasteiger partial charge on any atom is 0.242 e. The van der Waals surface area contributed by atoms with Gasteiger partial charge in [0.2, 0.25) is 15.9 Å². The van der Waals surface area contributed by atoms with Gasteiger partial charge in [-0.25, -0.2) is 17.7 Å². The van der Waals surface area contributed by atoms with Crippen molar-refractivity contribution in [3.05, 3.63) is 41.2 Å². The monoisotopic (exact) mass is 480 g/mol. The van der Waals surface area contributed by atoms with Gasteiger partial charge in [0, 0.05) is 40.1 Å². The molecular formula is C21H25ClN4O5S. The summed E-state index contributed by atoms with van der Waals surface area (Å²) in [6.07, 6.45) is 0.520. The average molecular weight is 481 g/mol. The van der Waals surface area contributed by atoms with E-state index >= 15 is 0 Å². The van der Waals surface area contributed by atoms with Gasteiger partial charge in [-0.05, 0) is 24.3 Å². The number of anilines is 1. The highest BCUT2D eigenvalue weighted by molar-refractivity contribution is 7.89. The van der Waals surface area contributed by atoms with Crippen molar-refractivity contribution in [1.29, 1.82) is 0 Å². The van der Waals surface area contributed by atoms with E-state index in [4.69, 9.17) is 21.1 Å². The van der Waals surface area contributed by atoms with E-state index in [1.54, 1.807) is 30.3 Å². The zero-order chi connectivity index (χ0) is 23.6. The number of hydrogen-bond donors (Lipinski definition) is 1. The first-order valence-electron chi connectivity index (χ1n) is 9.67. The Morgan fingerprint density at radius 3 is 2.47 bits per heavy atom. The number of benzene rings is 2. The molecule has 0 saturated carbocycles. The lowest BCUT2D eigenvalue weighted by atomic mass is 10.2. The van der Waals surface area contributed by atoms with Crippen LogP contribution in [0.15, 0.2) is 35.2 Å². The summed E-state index contributed by atoms with van der Waals surface area (Å²) in [6, 6.07) is 7.97. The Labute approximate surface area is 191 Å². The molecule has 1 aromatic heterocycles. The zero-order valence-corrected chi connectivity index (χ0v) is 20.0. The molecule has 3 rings (SSSR count). The fourth-order valence-corrected chi connectivity index (χ4v) is 4.38. The Balaban J connectivity index is 1.77. The number of imidazole rings is 1. The Morgan fingerprint density at radius 2 is 1.84 bits per heavy atom. The lowest BCUT2D eigenvalue weighted by Gasteiger charge is -2.13. The summed E-state index contributed by atoms with van der Waals surface area (Å²) in [5, 5.41) is 3.14. The molecule has 0 radical (unpaired) electrons. The Hall–Kier alpha value is -2.82. The number of amides is 1. The van der Waals surface area contributed by atoms with Crippen molar-refractivity contribution in [3.63, 3.8) is 0 Å². The van der Waals surface area contributed by atoms with E-state index in [1.807, 2.05) is 11.6 Å². The molecule has 0 atom stereocenters. The van der Waals surface area contributed by atoms with Crippen LogP contribution in [0.25, 0.3) is 11.0 Å². The summed E-state index contributed by atoms with van der Waals surface area (Å²) in [5.74, 6) is 1.29. The number of nitrogens with one attached hydrogen (secondary N) is 1. The molecule has 9 nitrogen and oxygen atoms in total. The highest BCUT2D eigenvalue weighted by Gasteiger charge is 2.19. The second-order valence-electron chi connectivity index (χ2n) is 7.26. The van der Waals surface area contributed by atoms with Crippen LogP contribution in [-0.4, -0.2) is 56.5 Å². The van der Waals surface area contributed by atoms with Gasteiger partial charge in [0.25, 0.3) is 0 Å². The molecule has 0 fully saturated rings. The maximum absolute atomic E-state index is 12.5. The van der Waals surface area contributed by atoms with Crippen molar-refractivity contribution in [2.75, 3.05) is 33.6 Å². The topological polar surface area (TPSA) is 103 Å². The van der Waals surface area contributed by atoms with Gasteiger partial charge in [-0.1, -0.05) is 11.6 Å². The van der Waals surface area contributed by atoms with Crippen LogP contribution in [0.3, 0.4) is 0 Å². The van der Waals surface area contributed by atoms with E-state index in [0.29, 0.717) is 40.0 Å². The van der Waals surface area contributed by atoms with E-state index in [1.165, 1.54) is 28.3 Å². The molecule has 2 aromatic carbocycles. The quantitative estimate of drug-likeness (QED) is 0.531. The van der Waals surface area contributed by atoms with Crippen LogP contribution in [0.2, 0.25) is 5.02 Å². The molecule has 0 aliphatic carbocycles. The third-order valence-corrected chi connectivity index (χ3v) is 7.15. The zero-order valence-electron chi connectivity index (χ0n) is 18.5. The third kappa shape index (κ3) is 4.67. The molecule has 0 unspecified atom stereocenters. The molecule has 3 aromatic rings. The minimum atomic E-state index is -3.56. The molecule has 0 saturated heterocycles. The van der Waals surface area contributed by atoms with E-state index in [-0.39, 0.29) is 17.2 Å². The van der Waals surface area contributed by atoms with Crippen molar-refractivity contribution in [2.24, 2.45) is 7.05 Å². The lowest BCUT2D eigenvalue weighted by molar-refractivity contribution is -0.116. The Kier molecular flexibility index (Phi) is 6.97. The Morgan fingerprint density at radius 1 is 1.16 bits per heavy atom. The van der Waals surface area contributed by atoms with Gasteiger partial charge < -0.3 is 19.4 Å². The van der Waals surface area contributed by atoms with Crippen LogP contribution in [-0.2, 0) is 28.3 Å². The van der Waals surface area contributed by atoms with Gasteiger partial charge in [-0.15, -0.1) is 0 Å². The highest BCUT2D eigenvalue weighted by Crippen LogP contribution is 2.36. The number of aromatic nitrogens is 2. The lowest BCUT2D eigenvalue weighted by Crippen LogP contribution is -2.22. The average Bonchev–Trinajstić information content (AvgIpc) is 3.07. The van der Waals surface area contributed by atoms with E-state index in [9.17, 15) is 13.2 Å². The summed E-state index contributed by atoms with van der Waals surface area (Å²) in [4.78, 5) is 17.2. The molecule has 0 aliphatic rings. The Bertz CT molecular complexity index is 1270. The molecule has 0 spiro atoms. The highest BCUT2D eigenvalue weighted by atomic mass is 35.5. The number of hydrogen-bond acceptors (Lipinski definition) is 6. The molecule has 172 valence electrons. The summed E-state index contributed by atoms with van der Waals surface area (Å²) in [5.41, 5.74) is 1.77. The maximum atomic E-state index is 12.5. The third-order valence-electron chi connectivity index (χ3n) is 5.05. The molecule has 32 heavy (non-hydrogen) atoms. The summed E-state index contributed by atoms with van der Waals surface area (Å²) >= 11 is 6.15. The fourth-order valence-electron chi connectivity index (χ4n) is 3.22. The molecule has 11 heteroatoms. The number of aryl methyl sites for hydroxylation is 2. The molecule has 1 N–H and O–H groups in total. The van der Waals surface area contributed by atoms with Gasteiger partial charge in [-0.3, -0.25) is 4.79 Å². The number of nitrogens with zero attached hydrogens (tertiary/aromatic N) is 3. The number of ether oxygens (including phenoxy) is 2. The number of carbonyl (C=O) groups is 1. The van der Waals surface area contributed by atoms with Crippen molar-refractivity contribution < 1.29 is 22.7 Å². The van der Waals surface area contributed by atoms with E-state index in [2.05, 4.69) is 10.3 Å². The SMILES string of the molecule is COc1cc(OC)c(NC(=O)CCc2nc3cc(S(=O)(=O)N(C)C)ccc3n2C)cc1Cl. The van der Waals surface area contributed by atoms with Crippen molar-refractivity contribution in [2.45, 2.75) is 17.7 Å². The summed E-state index contributed by atoms with van der Waals surface area (Å²) < 4.78 is 38.2. The first-order chi connectivity index (χ1) is 15.1. The largest absolute Gasteiger partial charge is 0.495 e. The van der Waals surface area contributed by atoms with Crippen LogP contribution in [0, 0.1) is 0 Å². The normalized spacial score (nSPS) is 11.7. The van der Waals surface area contributed by atoms with Gasteiger partial charge >= 0.3 is 0 Å². The van der Waals surface area contributed by atoms with Crippen molar-refractivity contribution in [3.8, 4) is 11.5 Å². The number of fused-ring (bicyclic) bond motifs is 1.